The Morgan fingerprint density at radius 3 is 2.52 bits per heavy atom. The summed E-state index contributed by atoms with van der Waals surface area (Å²) in [5.41, 5.74) is 2.51. The number of carbonyl (C=O) groups is 2. The molecule has 0 aliphatic rings. The Morgan fingerprint density at radius 1 is 1.13 bits per heavy atom. The van der Waals surface area contributed by atoms with E-state index in [1.165, 1.54) is 0 Å². The van der Waals surface area contributed by atoms with Gasteiger partial charge in [0.1, 0.15) is 0 Å². The molecule has 1 aromatic carbocycles. The van der Waals surface area contributed by atoms with Crippen LogP contribution in [0.5, 0.6) is 0 Å². The molecule has 1 heterocycles. The molecule has 0 bridgehead atoms. The number of hydrogen-bond acceptors (Lipinski definition) is 3. The first-order valence-corrected chi connectivity index (χ1v) is 7.79. The molecule has 0 spiro atoms. The zero-order valence-electron chi connectivity index (χ0n) is 13.5. The van der Waals surface area contributed by atoms with Gasteiger partial charge in [0.2, 0.25) is 5.91 Å². The third-order valence-electron chi connectivity index (χ3n) is 3.49. The molecule has 0 aliphatic carbocycles. The van der Waals surface area contributed by atoms with Crippen molar-refractivity contribution in [1.82, 2.24) is 20.4 Å². The van der Waals surface area contributed by atoms with Crippen LogP contribution in [0.2, 0.25) is 0 Å². The van der Waals surface area contributed by atoms with Crippen LogP contribution >= 0.6 is 0 Å². The topological polar surface area (TPSA) is 76.0 Å². The van der Waals surface area contributed by atoms with Gasteiger partial charge in [-0.25, -0.2) is 0 Å². The first-order chi connectivity index (χ1) is 11.2. The van der Waals surface area contributed by atoms with E-state index in [-0.39, 0.29) is 18.4 Å². The van der Waals surface area contributed by atoms with E-state index in [4.69, 9.17) is 0 Å². The Bertz CT molecular complexity index is 664. The summed E-state index contributed by atoms with van der Waals surface area (Å²) in [7, 11) is 0. The van der Waals surface area contributed by atoms with Crippen LogP contribution in [0.4, 0.5) is 0 Å². The van der Waals surface area contributed by atoms with Gasteiger partial charge in [0.25, 0.3) is 5.91 Å². The second-order valence-corrected chi connectivity index (χ2v) is 5.14. The number of hydrogen-bond donors (Lipinski definition) is 2. The van der Waals surface area contributed by atoms with Crippen LogP contribution in [0.25, 0.3) is 0 Å². The smallest absolute Gasteiger partial charge is 0.255 e. The minimum atomic E-state index is -0.271. The van der Waals surface area contributed by atoms with Crippen LogP contribution in [-0.4, -0.2) is 34.7 Å². The maximum atomic E-state index is 12.3. The van der Waals surface area contributed by atoms with E-state index >= 15 is 0 Å². The summed E-state index contributed by atoms with van der Waals surface area (Å²) in [5, 5.41) is 9.60. The molecule has 122 valence electrons. The summed E-state index contributed by atoms with van der Waals surface area (Å²) in [6, 6.07) is 9.97. The monoisotopic (exact) mass is 314 g/mol. The van der Waals surface area contributed by atoms with Gasteiger partial charge in [-0.2, -0.15) is 5.10 Å². The van der Waals surface area contributed by atoms with Crippen molar-refractivity contribution in [3.63, 3.8) is 0 Å². The summed E-state index contributed by atoms with van der Waals surface area (Å²) < 4.78 is 1.83. The van der Waals surface area contributed by atoms with Gasteiger partial charge in [0.05, 0.1) is 30.5 Å². The minimum Gasteiger partial charge on any atom is -0.355 e. The average Bonchev–Trinajstić information content (AvgIpc) is 2.96. The number of aromatic nitrogens is 2. The van der Waals surface area contributed by atoms with Crippen molar-refractivity contribution >= 4 is 11.8 Å². The summed E-state index contributed by atoms with van der Waals surface area (Å²) in [5.74, 6) is -0.469. The van der Waals surface area contributed by atoms with Crippen molar-refractivity contribution in [2.24, 2.45) is 0 Å². The Hall–Kier alpha value is -2.63. The quantitative estimate of drug-likeness (QED) is 0.810. The molecule has 23 heavy (non-hydrogen) atoms. The van der Waals surface area contributed by atoms with Gasteiger partial charge in [-0.1, -0.05) is 37.3 Å². The fourth-order valence-corrected chi connectivity index (χ4v) is 2.38. The highest BCUT2D eigenvalue weighted by molar-refractivity contribution is 5.97. The van der Waals surface area contributed by atoms with E-state index in [1.54, 1.807) is 6.20 Å². The first kappa shape index (κ1) is 16.7. The van der Waals surface area contributed by atoms with E-state index in [0.717, 1.165) is 11.3 Å². The molecule has 0 saturated carbocycles. The Morgan fingerprint density at radius 2 is 1.87 bits per heavy atom. The number of amides is 2. The molecule has 0 unspecified atom stereocenters. The van der Waals surface area contributed by atoms with Crippen LogP contribution < -0.4 is 10.6 Å². The predicted molar refractivity (Wildman–Crippen MR) is 88.2 cm³/mol. The first-order valence-electron chi connectivity index (χ1n) is 7.79. The van der Waals surface area contributed by atoms with Crippen molar-refractivity contribution in [1.29, 1.82) is 0 Å². The zero-order valence-corrected chi connectivity index (χ0v) is 13.5. The van der Waals surface area contributed by atoms with Gasteiger partial charge in [0.15, 0.2) is 0 Å². The standard InChI is InChI=1S/C17H22N4O2/c1-3-15-14(17(23)19-11-16(22)18-4-2)10-20-21(15)12-13-8-6-5-7-9-13/h5-10H,3-4,11-12H2,1-2H3,(H,18,22)(H,19,23). The lowest BCUT2D eigenvalue weighted by molar-refractivity contribution is -0.120. The van der Waals surface area contributed by atoms with Crippen LogP contribution in [0.3, 0.4) is 0 Å². The summed E-state index contributed by atoms with van der Waals surface area (Å²) >= 11 is 0. The second kappa shape index (κ2) is 8.12. The van der Waals surface area contributed by atoms with E-state index in [0.29, 0.717) is 25.1 Å². The second-order valence-electron chi connectivity index (χ2n) is 5.14. The fourth-order valence-electron chi connectivity index (χ4n) is 2.38. The molecule has 2 rings (SSSR count). The van der Waals surface area contributed by atoms with Crippen molar-refractivity contribution in [2.45, 2.75) is 26.8 Å². The number of nitrogens with one attached hydrogen (secondary N) is 2. The Balaban J connectivity index is 2.08. The van der Waals surface area contributed by atoms with E-state index in [2.05, 4.69) is 15.7 Å². The van der Waals surface area contributed by atoms with E-state index in [1.807, 2.05) is 48.9 Å². The number of carbonyl (C=O) groups excluding carboxylic acids is 2. The molecule has 0 aliphatic heterocycles. The van der Waals surface area contributed by atoms with Crippen molar-refractivity contribution in [3.05, 3.63) is 53.3 Å². The maximum absolute atomic E-state index is 12.3. The SMILES string of the molecule is CCNC(=O)CNC(=O)c1cnn(Cc2ccccc2)c1CC. The fraction of sp³-hybridized carbons (Fsp3) is 0.353. The highest BCUT2D eigenvalue weighted by atomic mass is 16.2. The molecule has 0 fully saturated rings. The lowest BCUT2D eigenvalue weighted by atomic mass is 10.1. The van der Waals surface area contributed by atoms with Gasteiger partial charge in [-0.15, -0.1) is 0 Å². The Kier molecular flexibility index (Phi) is 5.91. The molecule has 6 nitrogen and oxygen atoms in total. The predicted octanol–water partition coefficient (Wildman–Crippen LogP) is 1.36. The molecule has 6 heteroatoms. The van der Waals surface area contributed by atoms with Crippen molar-refractivity contribution < 1.29 is 9.59 Å². The number of benzene rings is 1. The minimum absolute atomic E-state index is 0.0281. The maximum Gasteiger partial charge on any atom is 0.255 e. The zero-order chi connectivity index (χ0) is 16.7. The normalized spacial score (nSPS) is 10.3. The largest absolute Gasteiger partial charge is 0.355 e. The summed E-state index contributed by atoms with van der Waals surface area (Å²) in [4.78, 5) is 23.7. The average molecular weight is 314 g/mol. The third-order valence-corrected chi connectivity index (χ3v) is 3.49. The molecule has 1 aromatic heterocycles. The Labute approximate surface area is 135 Å². The molecule has 0 radical (unpaired) electrons. The van der Waals surface area contributed by atoms with E-state index < -0.39 is 0 Å². The van der Waals surface area contributed by atoms with E-state index in [9.17, 15) is 9.59 Å². The van der Waals surface area contributed by atoms with Crippen LogP contribution in [0.1, 0.15) is 35.5 Å². The van der Waals surface area contributed by atoms with Gasteiger partial charge < -0.3 is 10.6 Å². The van der Waals surface area contributed by atoms with Crippen LogP contribution in [-0.2, 0) is 17.8 Å². The summed E-state index contributed by atoms with van der Waals surface area (Å²) in [6.07, 6.45) is 2.26. The number of nitrogens with zero attached hydrogens (tertiary/aromatic N) is 2. The molecule has 0 saturated heterocycles. The molecule has 2 N–H and O–H groups in total. The summed E-state index contributed by atoms with van der Waals surface area (Å²) in [6.45, 7) is 4.96. The van der Waals surface area contributed by atoms with Crippen LogP contribution in [0, 0.1) is 0 Å². The van der Waals surface area contributed by atoms with Crippen molar-refractivity contribution in [3.8, 4) is 0 Å². The van der Waals surface area contributed by atoms with Gasteiger partial charge in [0, 0.05) is 6.54 Å². The third kappa shape index (κ3) is 4.42. The van der Waals surface area contributed by atoms with Gasteiger partial charge in [-0.3, -0.25) is 14.3 Å². The van der Waals surface area contributed by atoms with Gasteiger partial charge in [-0.05, 0) is 18.9 Å². The molecule has 2 aromatic rings. The molecule has 2 amide bonds. The highest BCUT2D eigenvalue weighted by Gasteiger charge is 2.16. The molecular weight excluding hydrogens is 292 g/mol. The van der Waals surface area contributed by atoms with Crippen LogP contribution in [0.15, 0.2) is 36.5 Å². The lowest BCUT2D eigenvalue weighted by Crippen LogP contribution is -2.37. The number of rotatable bonds is 7. The highest BCUT2D eigenvalue weighted by Crippen LogP contribution is 2.12. The van der Waals surface area contributed by atoms with Crippen molar-refractivity contribution in [2.75, 3.05) is 13.1 Å². The molecule has 0 atom stereocenters. The van der Waals surface area contributed by atoms with Gasteiger partial charge >= 0.3 is 0 Å². The molecular formula is C17H22N4O2. The lowest BCUT2D eigenvalue weighted by Gasteiger charge is -2.09. The number of likely N-dealkylation sites (N-methyl/N-ethyl adjacent to an activating group) is 1.